The third-order valence-electron chi connectivity index (χ3n) is 6.13. The van der Waals surface area contributed by atoms with Gasteiger partial charge in [0.1, 0.15) is 16.8 Å². The highest BCUT2D eigenvalue weighted by atomic mass is 32.2. The minimum Gasteiger partial charge on any atom is -0.497 e. The van der Waals surface area contributed by atoms with Gasteiger partial charge in [-0.1, -0.05) is 61.2 Å². The summed E-state index contributed by atoms with van der Waals surface area (Å²) in [5.41, 5.74) is 4.30. The molecule has 2 heterocycles. The standard InChI is InChI=1S/C30H25N3O4S/c1-3-28(29(34)32-21-11-14-26-27(15-21)37-18-36-26)38-30-24(17-31)23(19-9-12-22(35-2)13-10-19)16-25(33-30)20-7-5-4-6-8-20/h4-16,28H,3,18H2,1-2H3,(H,32,34). The van der Waals surface area contributed by atoms with Gasteiger partial charge >= 0.3 is 0 Å². The number of nitriles is 1. The van der Waals surface area contributed by atoms with Crippen molar-refractivity contribution in [1.82, 2.24) is 4.98 Å². The van der Waals surface area contributed by atoms with Gasteiger partial charge in [0.15, 0.2) is 11.5 Å². The molecule has 190 valence electrons. The predicted octanol–water partition coefficient (Wildman–Crippen LogP) is 6.53. The first-order valence-electron chi connectivity index (χ1n) is 12.1. The molecule has 1 aliphatic heterocycles. The molecule has 0 saturated heterocycles. The van der Waals surface area contributed by atoms with Crippen molar-refractivity contribution in [2.24, 2.45) is 0 Å². The Morgan fingerprint density at radius 1 is 1.05 bits per heavy atom. The molecule has 4 aromatic rings. The van der Waals surface area contributed by atoms with E-state index in [4.69, 9.17) is 19.2 Å². The summed E-state index contributed by atoms with van der Waals surface area (Å²) in [6.07, 6.45) is 0.543. The van der Waals surface area contributed by atoms with Crippen molar-refractivity contribution in [3.63, 3.8) is 0 Å². The average molecular weight is 524 g/mol. The number of fused-ring (bicyclic) bond motifs is 1. The molecule has 38 heavy (non-hydrogen) atoms. The lowest BCUT2D eigenvalue weighted by Crippen LogP contribution is -2.24. The van der Waals surface area contributed by atoms with Gasteiger partial charge in [-0.15, -0.1) is 0 Å². The molecule has 3 aromatic carbocycles. The molecule has 1 N–H and O–H groups in total. The highest BCUT2D eigenvalue weighted by Gasteiger charge is 2.24. The van der Waals surface area contributed by atoms with E-state index in [1.807, 2.05) is 67.6 Å². The van der Waals surface area contributed by atoms with Gasteiger partial charge < -0.3 is 19.5 Å². The first-order valence-corrected chi connectivity index (χ1v) is 13.0. The molecule has 0 radical (unpaired) electrons. The second-order valence-corrected chi connectivity index (χ2v) is 9.71. The minimum atomic E-state index is -0.477. The number of amides is 1. The van der Waals surface area contributed by atoms with E-state index in [1.54, 1.807) is 25.3 Å². The number of pyridine rings is 1. The van der Waals surface area contributed by atoms with Gasteiger partial charge in [0.2, 0.25) is 12.7 Å². The van der Waals surface area contributed by atoms with E-state index in [0.717, 1.165) is 28.1 Å². The monoisotopic (exact) mass is 523 g/mol. The van der Waals surface area contributed by atoms with Gasteiger partial charge in [0.05, 0.1) is 23.6 Å². The van der Waals surface area contributed by atoms with E-state index in [9.17, 15) is 10.1 Å². The molecule has 1 unspecified atom stereocenters. The molecule has 0 aliphatic carbocycles. The molecule has 5 rings (SSSR count). The Balaban J connectivity index is 1.50. The summed E-state index contributed by atoms with van der Waals surface area (Å²) < 4.78 is 16.1. The second-order valence-electron chi connectivity index (χ2n) is 8.51. The Bertz CT molecular complexity index is 1500. The number of ether oxygens (including phenoxy) is 3. The number of hydrogen-bond acceptors (Lipinski definition) is 7. The topological polar surface area (TPSA) is 93.5 Å². The Morgan fingerprint density at radius 3 is 2.53 bits per heavy atom. The van der Waals surface area contributed by atoms with E-state index < -0.39 is 5.25 Å². The maximum Gasteiger partial charge on any atom is 0.237 e. The normalized spacial score (nSPS) is 12.4. The van der Waals surface area contributed by atoms with E-state index >= 15 is 0 Å². The molecule has 0 spiro atoms. The van der Waals surface area contributed by atoms with Crippen LogP contribution in [0, 0.1) is 11.3 Å². The number of nitrogens with one attached hydrogen (secondary N) is 1. The highest BCUT2D eigenvalue weighted by Crippen LogP contribution is 2.38. The fraction of sp³-hybridized carbons (Fsp3) is 0.167. The van der Waals surface area contributed by atoms with Crippen LogP contribution in [-0.4, -0.2) is 30.0 Å². The number of rotatable bonds is 8. The average Bonchev–Trinajstić information content (AvgIpc) is 3.44. The van der Waals surface area contributed by atoms with Crippen LogP contribution in [0.3, 0.4) is 0 Å². The number of methoxy groups -OCH3 is 1. The molecule has 0 saturated carbocycles. The number of nitrogens with zero attached hydrogens (tertiary/aromatic N) is 2. The molecular formula is C30H25N3O4S. The second kappa shape index (κ2) is 11.3. The van der Waals surface area contributed by atoms with Gasteiger partial charge in [-0.25, -0.2) is 4.98 Å². The zero-order valence-corrected chi connectivity index (χ0v) is 21.7. The van der Waals surface area contributed by atoms with E-state index in [2.05, 4.69) is 11.4 Å². The van der Waals surface area contributed by atoms with E-state index in [1.165, 1.54) is 11.8 Å². The van der Waals surface area contributed by atoms with Crippen LogP contribution in [0.5, 0.6) is 17.2 Å². The summed E-state index contributed by atoms with van der Waals surface area (Å²) in [4.78, 5) is 18.2. The van der Waals surface area contributed by atoms with Crippen LogP contribution < -0.4 is 19.5 Å². The van der Waals surface area contributed by atoms with Crippen LogP contribution in [0.2, 0.25) is 0 Å². The lowest BCUT2D eigenvalue weighted by atomic mass is 9.99. The van der Waals surface area contributed by atoms with Gasteiger partial charge in [0.25, 0.3) is 0 Å². The number of benzene rings is 3. The summed E-state index contributed by atoms with van der Waals surface area (Å²) in [5, 5.41) is 13.2. The van der Waals surface area contributed by atoms with Gasteiger partial charge in [0, 0.05) is 22.9 Å². The largest absolute Gasteiger partial charge is 0.497 e. The first kappa shape index (κ1) is 25.2. The van der Waals surface area contributed by atoms with Crippen LogP contribution in [-0.2, 0) is 4.79 Å². The summed E-state index contributed by atoms with van der Waals surface area (Å²) in [6.45, 7) is 2.10. The molecule has 8 heteroatoms. The number of anilines is 1. The number of carbonyl (C=O) groups is 1. The first-order chi connectivity index (χ1) is 18.6. The van der Waals surface area contributed by atoms with Crippen molar-refractivity contribution in [2.75, 3.05) is 19.2 Å². The molecule has 7 nitrogen and oxygen atoms in total. The maximum absolute atomic E-state index is 13.3. The number of carbonyl (C=O) groups excluding carboxylic acids is 1. The fourth-order valence-corrected chi connectivity index (χ4v) is 5.15. The van der Waals surface area contributed by atoms with Crippen molar-refractivity contribution in [2.45, 2.75) is 23.6 Å². The highest BCUT2D eigenvalue weighted by molar-refractivity contribution is 8.00. The third-order valence-corrected chi connectivity index (χ3v) is 7.48. The SMILES string of the molecule is CCC(Sc1nc(-c2ccccc2)cc(-c2ccc(OC)cc2)c1C#N)C(=O)Nc1ccc2c(c1)OCO2. The zero-order chi connectivity index (χ0) is 26.5. The molecule has 1 aromatic heterocycles. The molecule has 0 fully saturated rings. The number of aromatic nitrogens is 1. The Hall–Kier alpha value is -4.48. The third kappa shape index (κ3) is 5.29. The lowest BCUT2D eigenvalue weighted by Gasteiger charge is -2.18. The summed E-state index contributed by atoms with van der Waals surface area (Å²) in [5.74, 6) is 1.79. The van der Waals surface area contributed by atoms with Crippen LogP contribution in [0.1, 0.15) is 18.9 Å². The van der Waals surface area contributed by atoms with E-state index in [0.29, 0.717) is 34.2 Å². The molecule has 1 amide bonds. The molecule has 1 atom stereocenters. The quantitative estimate of drug-likeness (QED) is 0.262. The fourth-order valence-electron chi connectivity index (χ4n) is 4.12. The van der Waals surface area contributed by atoms with Crippen molar-refractivity contribution >= 4 is 23.4 Å². The maximum atomic E-state index is 13.3. The summed E-state index contributed by atoms with van der Waals surface area (Å²) in [6, 6.07) is 26.9. The summed E-state index contributed by atoms with van der Waals surface area (Å²) in [7, 11) is 1.61. The smallest absolute Gasteiger partial charge is 0.237 e. The van der Waals surface area contributed by atoms with Gasteiger partial charge in [-0.05, 0) is 42.3 Å². The van der Waals surface area contributed by atoms with Crippen molar-refractivity contribution in [3.8, 4) is 45.7 Å². The Labute approximate surface area is 225 Å². The molecule has 0 bridgehead atoms. The van der Waals surface area contributed by atoms with Gasteiger partial charge in [-0.3, -0.25) is 4.79 Å². The number of hydrogen-bond donors (Lipinski definition) is 1. The molecular weight excluding hydrogens is 498 g/mol. The molecule has 1 aliphatic rings. The minimum absolute atomic E-state index is 0.164. The van der Waals surface area contributed by atoms with E-state index in [-0.39, 0.29) is 12.7 Å². The van der Waals surface area contributed by atoms with Crippen molar-refractivity contribution in [3.05, 3.63) is 84.4 Å². The van der Waals surface area contributed by atoms with Crippen LogP contribution in [0.25, 0.3) is 22.4 Å². The Morgan fingerprint density at radius 2 is 1.82 bits per heavy atom. The Kier molecular flexibility index (Phi) is 7.47. The lowest BCUT2D eigenvalue weighted by molar-refractivity contribution is -0.115. The van der Waals surface area contributed by atoms with Crippen LogP contribution >= 0.6 is 11.8 Å². The zero-order valence-electron chi connectivity index (χ0n) is 20.9. The number of thioether (sulfide) groups is 1. The van der Waals surface area contributed by atoms with Crippen LogP contribution in [0.4, 0.5) is 5.69 Å². The van der Waals surface area contributed by atoms with Crippen molar-refractivity contribution < 1.29 is 19.0 Å². The summed E-state index contributed by atoms with van der Waals surface area (Å²) >= 11 is 1.29. The van der Waals surface area contributed by atoms with Crippen LogP contribution in [0.15, 0.2) is 83.9 Å². The van der Waals surface area contributed by atoms with Gasteiger partial charge in [-0.2, -0.15) is 5.26 Å². The van der Waals surface area contributed by atoms with Crippen molar-refractivity contribution in [1.29, 1.82) is 5.26 Å². The predicted molar refractivity (Wildman–Crippen MR) is 148 cm³/mol.